The Bertz CT molecular complexity index is 783. The second-order valence-electron chi connectivity index (χ2n) is 5.30. The maximum atomic E-state index is 11.2. The van der Waals surface area contributed by atoms with Gasteiger partial charge in [-0.25, -0.2) is 13.6 Å². The van der Waals surface area contributed by atoms with Crippen LogP contribution in [0.2, 0.25) is 0 Å². The molecule has 0 amide bonds. The molecule has 0 spiro atoms. The first-order valence-electron chi connectivity index (χ1n) is 7.64. The van der Waals surface area contributed by atoms with Crippen molar-refractivity contribution in [1.29, 1.82) is 0 Å². The van der Waals surface area contributed by atoms with Gasteiger partial charge in [-0.2, -0.15) is 0 Å². The second-order valence-corrected chi connectivity index (χ2v) is 7.78. The van der Waals surface area contributed by atoms with Gasteiger partial charge in [-0.1, -0.05) is 28.1 Å². The number of rotatable bonds is 8. The van der Waals surface area contributed by atoms with Crippen LogP contribution < -0.4 is 15.2 Å². The summed E-state index contributed by atoms with van der Waals surface area (Å²) in [7, 11) is -3.63. The molecule has 25 heavy (non-hydrogen) atoms. The average molecular weight is 450 g/mol. The van der Waals surface area contributed by atoms with E-state index in [-0.39, 0.29) is 17.3 Å². The van der Waals surface area contributed by atoms with Crippen LogP contribution in [-0.2, 0) is 23.0 Å². The van der Waals surface area contributed by atoms with E-state index < -0.39 is 10.0 Å². The molecule has 0 radical (unpaired) electrons. The smallest absolute Gasteiger partial charge is 0.238 e. The molecule has 2 aromatic carbocycles. The number of hydrogen-bond acceptors (Lipinski definition) is 4. The van der Waals surface area contributed by atoms with Crippen molar-refractivity contribution in [2.45, 2.75) is 24.8 Å². The van der Waals surface area contributed by atoms with E-state index in [2.05, 4.69) is 21.2 Å². The predicted molar refractivity (Wildman–Crippen MR) is 106 cm³/mol. The number of nitrogens with one attached hydrogen (secondary N) is 1. The van der Waals surface area contributed by atoms with Crippen LogP contribution in [0.3, 0.4) is 0 Å². The van der Waals surface area contributed by atoms with E-state index in [4.69, 9.17) is 9.88 Å². The highest BCUT2D eigenvalue weighted by molar-refractivity contribution is 9.10. The Labute approximate surface area is 163 Å². The number of benzene rings is 2. The molecule has 0 fully saturated rings. The average Bonchev–Trinajstić information content (AvgIpc) is 2.53. The van der Waals surface area contributed by atoms with Gasteiger partial charge in [0.05, 0.1) is 11.5 Å². The van der Waals surface area contributed by atoms with Crippen LogP contribution >= 0.6 is 28.3 Å². The molecule has 0 atom stereocenters. The van der Waals surface area contributed by atoms with Crippen LogP contribution in [0.25, 0.3) is 0 Å². The fourth-order valence-electron chi connectivity index (χ4n) is 2.28. The molecular weight excluding hydrogens is 428 g/mol. The van der Waals surface area contributed by atoms with Crippen molar-refractivity contribution in [3.05, 3.63) is 58.1 Å². The second kappa shape index (κ2) is 10.1. The Morgan fingerprint density at radius 2 is 1.84 bits per heavy atom. The molecular formula is C17H22BrClN2O3S. The summed E-state index contributed by atoms with van der Waals surface area (Å²) in [5.74, 6) is 0.880. The van der Waals surface area contributed by atoms with Gasteiger partial charge in [0, 0.05) is 16.6 Å². The maximum absolute atomic E-state index is 11.2. The summed E-state index contributed by atoms with van der Waals surface area (Å²) in [6.07, 6.45) is 0.795. The Morgan fingerprint density at radius 1 is 1.16 bits per heavy atom. The van der Waals surface area contributed by atoms with Crippen LogP contribution in [-0.4, -0.2) is 21.6 Å². The van der Waals surface area contributed by atoms with Gasteiger partial charge in [0.1, 0.15) is 5.75 Å². The van der Waals surface area contributed by atoms with Gasteiger partial charge in [-0.15, -0.1) is 12.4 Å². The Balaban J connectivity index is 0.00000312. The third-order valence-electron chi connectivity index (χ3n) is 3.48. The maximum Gasteiger partial charge on any atom is 0.238 e. The molecule has 0 aliphatic carbocycles. The zero-order valence-electron chi connectivity index (χ0n) is 13.9. The van der Waals surface area contributed by atoms with Crippen LogP contribution in [0.15, 0.2) is 51.8 Å². The van der Waals surface area contributed by atoms with E-state index in [1.54, 1.807) is 12.1 Å². The lowest BCUT2D eigenvalue weighted by molar-refractivity contribution is 0.335. The van der Waals surface area contributed by atoms with Gasteiger partial charge in [0.15, 0.2) is 0 Å². The lowest BCUT2D eigenvalue weighted by Crippen LogP contribution is -2.17. The molecule has 0 bridgehead atoms. The fourth-order valence-corrected chi connectivity index (χ4v) is 3.21. The summed E-state index contributed by atoms with van der Waals surface area (Å²) >= 11 is 3.47. The minimum Gasteiger partial charge on any atom is -0.494 e. The first-order chi connectivity index (χ1) is 11.4. The molecule has 0 saturated heterocycles. The third-order valence-corrected chi connectivity index (χ3v) is 4.90. The molecule has 0 unspecified atom stereocenters. The van der Waals surface area contributed by atoms with Crippen molar-refractivity contribution in [2.24, 2.45) is 5.14 Å². The molecule has 3 N–H and O–H groups in total. The molecule has 5 nitrogen and oxygen atoms in total. The van der Waals surface area contributed by atoms with Gasteiger partial charge in [-0.3, -0.25) is 0 Å². The van der Waals surface area contributed by atoms with E-state index in [0.29, 0.717) is 13.2 Å². The van der Waals surface area contributed by atoms with Gasteiger partial charge >= 0.3 is 0 Å². The highest BCUT2D eigenvalue weighted by Gasteiger charge is 2.07. The van der Waals surface area contributed by atoms with Crippen LogP contribution in [0.4, 0.5) is 0 Å². The number of ether oxygens (including phenoxy) is 1. The quantitative estimate of drug-likeness (QED) is 0.606. The minimum absolute atomic E-state index is 0. The van der Waals surface area contributed by atoms with Crippen LogP contribution in [0.5, 0.6) is 5.75 Å². The van der Waals surface area contributed by atoms with E-state index in [1.165, 1.54) is 12.1 Å². The van der Waals surface area contributed by atoms with E-state index >= 15 is 0 Å². The lowest BCUT2D eigenvalue weighted by atomic mass is 10.1. The van der Waals surface area contributed by atoms with Crippen molar-refractivity contribution in [3.63, 3.8) is 0 Å². The standard InChI is InChI=1S/C17H21BrN2O3S.ClH/c1-2-23-17-8-5-15(18)11-14(17)12-20-10-9-13-3-6-16(7-4-13)24(19,21)22;/h3-8,11,20H,2,9-10,12H2,1H3,(H2,19,21,22);1H. The predicted octanol–water partition coefficient (Wildman–Crippen LogP) is 3.25. The Morgan fingerprint density at radius 3 is 2.44 bits per heavy atom. The molecule has 0 saturated carbocycles. The number of sulfonamides is 1. The summed E-state index contributed by atoms with van der Waals surface area (Å²) in [4.78, 5) is 0.134. The van der Waals surface area contributed by atoms with Crippen LogP contribution in [0, 0.1) is 0 Å². The Kier molecular flexibility index (Phi) is 8.88. The summed E-state index contributed by atoms with van der Waals surface area (Å²) in [6.45, 7) is 4.06. The van der Waals surface area contributed by atoms with Crippen molar-refractivity contribution in [3.8, 4) is 5.75 Å². The molecule has 0 aliphatic rings. The molecule has 8 heteroatoms. The molecule has 2 rings (SSSR count). The summed E-state index contributed by atoms with van der Waals surface area (Å²) in [6, 6.07) is 12.6. The van der Waals surface area contributed by atoms with Crippen molar-refractivity contribution >= 4 is 38.4 Å². The lowest BCUT2D eigenvalue weighted by Gasteiger charge is -2.12. The van der Waals surface area contributed by atoms with E-state index in [0.717, 1.165) is 34.3 Å². The summed E-state index contributed by atoms with van der Waals surface area (Å²) in [5.41, 5.74) is 2.14. The fraction of sp³-hybridized carbons (Fsp3) is 0.294. The largest absolute Gasteiger partial charge is 0.494 e. The van der Waals surface area contributed by atoms with Gasteiger partial charge in [-0.05, 0) is 55.8 Å². The van der Waals surface area contributed by atoms with Crippen LogP contribution in [0.1, 0.15) is 18.1 Å². The monoisotopic (exact) mass is 448 g/mol. The zero-order chi connectivity index (χ0) is 17.6. The molecule has 0 heterocycles. The first-order valence-corrected chi connectivity index (χ1v) is 9.97. The molecule has 0 aromatic heterocycles. The summed E-state index contributed by atoms with van der Waals surface area (Å²) < 4.78 is 29.1. The number of primary sulfonamides is 1. The molecule has 0 aliphatic heterocycles. The third kappa shape index (κ3) is 6.95. The number of hydrogen-bond donors (Lipinski definition) is 2. The van der Waals surface area contributed by atoms with Gasteiger partial charge < -0.3 is 10.1 Å². The zero-order valence-corrected chi connectivity index (χ0v) is 17.1. The highest BCUT2D eigenvalue weighted by atomic mass is 79.9. The van der Waals surface area contributed by atoms with E-state index in [9.17, 15) is 8.42 Å². The molecule has 2 aromatic rings. The Hall–Kier alpha value is -1.12. The number of halogens is 2. The van der Waals surface area contributed by atoms with E-state index in [1.807, 2.05) is 25.1 Å². The molecule has 138 valence electrons. The first kappa shape index (κ1) is 21.9. The topological polar surface area (TPSA) is 81.4 Å². The van der Waals surface area contributed by atoms with Crippen molar-refractivity contribution in [1.82, 2.24) is 5.32 Å². The minimum atomic E-state index is -3.63. The van der Waals surface area contributed by atoms with Crippen molar-refractivity contribution < 1.29 is 13.2 Å². The number of nitrogens with two attached hydrogens (primary N) is 1. The summed E-state index contributed by atoms with van der Waals surface area (Å²) in [5, 5.41) is 8.47. The van der Waals surface area contributed by atoms with Gasteiger partial charge in [0.2, 0.25) is 10.0 Å². The van der Waals surface area contributed by atoms with Crippen molar-refractivity contribution in [2.75, 3.05) is 13.2 Å². The highest BCUT2D eigenvalue weighted by Crippen LogP contribution is 2.23. The van der Waals surface area contributed by atoms with Gasteiger partial charge in [0.25, 0.3) is 0 Å². The normalized spacial score (nSPS) is 11.0. The SMILES string of the molecule is CCOc1ccc(Br)cc1CNCCc1ccc(S(N)(=O)=O)cc1.Cl.